The summed E-state index contributed by atoms with van der Waals surface area (Å²) in [4.78, 5) is 33.6. The van der Waals surface area contributed by atoms with E-state index in [1.807, 2.05) is 11.1 Å². The molecule has 1 aromatic heterocycles. The third kappa shape index (κ3) is 2.76. The predicted molar refractivity (Wildman–Crippen MR) is 85.8 cm³/mol. The summed E-state index contributed by atoms with van der Waals surface area (Å²) >= 11 is 1.76. The van der Waals surface area contributed by atoms with E-state index in [0.29, 0.717) is 13.0 Å². The van der Waals surface area contributed by atoms with Crippen LogP contribution >= 0.6 is 11.3 Å². The Balaban J connectivity index is 1.62. The molecule has 1 aromatic rings. The van der Waals surface area contributed by atoms with Crippen molar-refractivity contribution in [3.8, 4) is 0 Å². The Bertz CT molecular complexity index is 590. The molecule has 2 aliphatic rings. The Kier molecular flexibility index (Phi) is 3.97. The van der Waals surface area contributed by atoms with Gasteiger partial charge in [-0.15, -0.1) is 11.3 Å². The first-order valence-electron chi connectivity index (χ1n) is 7.85. The highest BCUT2D eigenvalue weighted by Gasteiger charge is 2.39. The summed E-state index contributed by atoms with van der Waals surface area (Å²) in [5.41, 5.74) is 0.0813. The summed E-state index contributed by atoms with van der Waals surface area (Å²) in [5.74, 6) is 0.0810. The van der Waals surface area contributed by atoms with Crippen molar-refractivity contribution in [1.82, 2.24) is 14.8 Å². The van der Waals surface area contributed by atoms with Gasteiger partial charge in [-0.05, 0) is 19.8 Å². The fraction of sp³-hybridized carbons (Fsp3) is 0.688. The molecule has 0 aromatic carbocycles. The molecule has 3 rings (SSSR count). The zero-order chi connectivity index (χ0) is 15.9. The van der Waals surface area contributed by atoms with Gasteiger partial charge in [0, 0.05) is 49.6 Å². The van der Waals surface area contributed by atoms with E-state index in [1.54, 1.807) is 23.3 Å². The van der Waals surface area contributed by atoms with Gasteiger partial charge < -0.3 is 9.80 Å². The van der Waals surface area contributed by atoms with Crippen LogP contribution in [-0.2, 0) is 15.0 Å². The largest absolute Gasteiger partial charge is 0.345 e. The van der Waals surface area contributed by atoms with Crippen LogP contribution in [0.1, 0.15) is 36.1 Å². The third-order valence-corrected chi connectivity index (χ3v) is 6.23. The zero-order valence-electron chi connectivity index (χ0n) is 13.5. The van der Waals surface area contributed by atoms with Crippen LogP contribution in [0.5, 0.6) is 0 Å². The lowest BCUT2D eigenvalue weighted by atomic mass is 9.80. The standard InChI is InChI=1S/C16H23N3O2S/c1-11-9-17-15(22-11)16(2)4-6-19(7-5-16)14(21)12-8-13(20)18(3)10-12/h9,12H,4-8,10H2,1-3H3/t12-/m0/s1. The van der Waals surface area contributed by atoms with E-state index in [0.717, 1.165) is 25.9 Å². The highest BCUT2D eigenvalue weighted by molar-refractivity contribution is 7.11. The summed E-state index contributed by atoms with van der Waals surface area (Å²) in [7, 11) is 1.77. The molecule has 22 heavy (non-hydrogen) atoms. The van der Waals surface area contributed by atoms with E-state index in [9.17, 15) is 9.59 Å². The van der Waals surface area contributed by atoms with Crippen LogP contribution in [0.25, 0.3) is 0 Å². The number of rotatable bonds is 2. The quantitative estimate of drug-likeness (QED) is 0.835. The van der Waals surface area contributed by atoms with E-state index in [-0.39, 0.29) is 23.1 Å². The second kappa shape index (κ2) is 5.65. The molecule has 1 atom stereocenters. The minimum Gasteiger partial charge on any atom is -0.345 e. The second-order valence-electron chi connectivity index (χ2n) is 6.84. The van der Waals surface area contributed by atoms with Gasteiger partial charge in [0.2, 0.25) is 11.8 Å². The van der Waals surface area contributed by atoms with Crippen molar-refractivity contribution in [2.75, 3.05) is 26.7 Å². The molecule has 120 valence electrons. The van der Waals surface area contributed by atoms with E-state index in [4.69, 9.17) is 0 Å². The molecule has 2 saturated heterocycles. The second-order valence-corrected chi connectivity index (χ2v) is 8.07. The highest BCUT2D eigenvalue weighted by Crippen LogP contribution is 2.37. The number of amides is 2. The zero-order valence-corrected chi connectivity index (χ0v) is 14.3. The Hall–Kier alpha value is -1.43. The number of carbonyl (C=O) groups is 2. The van der Waals surface area contributed by atoms with Gasteiger partial charge >= 0.3 is 0 Å². The fourth-order valence-electron chi connectivity index (χ4n) is 3.36. The van der Waals surface area contributed by atoms with Gasteiger partial charge in [0.05, 0.1) is 10.9 Å². The molecule has 0 bridgehead atoms. The number of likely N-dealkylation sites (tertiary alicyclic amines) is 2. The van der Waals surface area contributed by atoms with Gasteiger partial charge in [-0.2, -0.15) is 0 Å². The first-order chi connectivity index (χ1) is 10.4. The van der Waals surface area contributed by atoms with Crippen molar-refractivity contribution in [1.29, 1.82) is 0 Å². The minimum atomic E-state index is -0.149. The van der Waals surface area contributed by atoms with Crippen LogP contribution in [0.2, 0.25) is 0 Å². The van der Waals surface area contributed by atoms with Crippen molar-refractivity contribution >= 4 is 23.2 Å². The van der Waals surface area contributed by atoms with Crippen LogP contribution < -0.4 is 0 Å². The Morgan fingerprint density at radius 3 is 2.59 bits per heavy atom. The molecule has 0 saturated carbocycles. The van der Waals surface area contributed by atoms with Crippen molar-refractivity contribution in [3.63, 3.8) is 0 Å². The highest BCUT2D eigenvalue weighted by atomic mass is 32.1. The first kappa shape index (κ1) is 15.5. The van der Waals surface area contributed by atoms with Crippen LogP contribution in [0.4, 0.5) is 0 Å². The number of thiazole rings is 1. The van der Waals surface area contributed by atoms with Crippen molar-refractivity contribution in [2.45, 2.75) is 38.5 Å². The van der Waals surface area contributed by atoms with Gasteiger partial charge in [-0.3, -0.25) is 9.59 Å². The molecule has 0 spiro atoms. The van der Waals surface area contributed by atoms with Gasteiger partial charge in [-0.25, -0.2) is 4.98 Å². The number of hydrogen-bond donors (Lipinski definition) is 0. The maximum atomic E-state index is 12.6. The number of aromatic nitrogens is 1. The van der Waals surface area contributed by atoms with Gasteiger partial charge in [-0.1, -0.05) is 6.92 Å². The predicted octanol–water partition coefficient (Wildman–Crippen LogP) is 1.81. The summed E-state index contributed by atoms with van der Waals surface area (Å²) in [6.07, 6.45) is 4.20. The lowest BCUT2D eigenvalue weighted by Crippen LogP contribution is -2.46. The number of hydrogen-bond acceptors (Lipinski definition) is 4. The average molecular weight is 321 g/mol. The molecule has 2 fully saturated rings. The van der Waals surface area contributed by atoms with Crippen LogP contribution in [0.15, 0.2) is 6.20 Å². The molecule has 6 heteroatoms. The van der Waals surface area contributed by atoms with Crippen molar-refractivity contribution in [3.05, 3.63) is 16.1 Å². The lowest BCUT2D eigenvalue weighted by Gasteiger charge is -2.39. The fourth-order valence-corrected chi connectivity index (χ4v) is 4.32. The monoisotopic (exact) mass is 321 g/mol. The topological polar surface area (TPSA) is 53.5 Å². The van der Waals surface area contributed by atoms with E-state index in [1.165, 1.54) is 9.88 Å². The summed E-state index contributed by atoms with van der Waals surface area (Å²) in [6.45, 7) is 6.43. The van der Waals surface area contributed by atoms with Gasteiger partial charge in [0.25, 0.3) is 0 Å². The molecule has 2 aliphatic heterocycles. The summed E-state index contributed by atoms with van der Waals surface area (Å²) < 4.78 is 0. The molecule has 0 unspecified atom stereocenters. The summed E-state index contributed by atoms with van der Waals surface area (Å²) in [6, 6.07) is 0. The maximum Gasteiger partial charge on any atom is 0.227 e. The maximum absolute atomic E-state index is 12.6. The number of carbonyl (C=O) groups excluding carboxylic acids is 2. The first-order valence-corrected chi connectivity index (χ1v) is 8.66. The van der Waals surface area contributed by atoms with Crippen LogP contribution in [0, 0.1) is 12.8 Å². The molecular formula is C16H23N3O2S. The smallest absolute Gasteiger partial charge is 0.227 e. The van der Waals surface area contributed by atoms with Crippen LogP contribution in [-0.4, -0.2) is 53.3 Å². The van der Waals surface area contributed by atoms with Gasteiger partial charge in [0.1, 0.15) is 0 Å². The summed E-state index contributed by atoms with van der Waals surface area (Å²) in [5, 5.41) is 1.19. The van der Waals surface area contributed by atoms with E-state index < -0.39 is 0 Å². The molecule has 0 radical (unpaired) electrons. The SMILES string of the molecule is Cc1cnc(C2(C)CCN(C(=O)[C@H]3CC(=O)N(C)C3)CC2)s1. The van der Waals surface area contributed by atoms with E-state index >= 15 is 0 Å². The number of piperidine rings is 1. The molecular weight excluding hydrogens is 298 g/mol. The third-order valence-electron chi connectivity index (χ3n) is 5.01. The molecule has 0 aliphatic carbocycles. The van der Waals surface area contributed by atoms with Crippen molar-refractivity contribution < 1.29 is 9.59 Å². The molecule has 3 heterocycles. The molecule has 5 nitrogen and oxygen atoms in total. The molecule has 2 amide bonds. The molecule has 0 N–H and O–H groups in total. The Morgan fingerprint density at radius 2 is 2.09 bits per heavy atom. The number of aryl methyl sites for hydroxylation is 1. The normalized spacial score (nSPS) is 24.9. The average Bonchev–Trinajstić information content (AvgIpc) is 3.06. The Morgan fingerprint density at radius 1 is 1.41 bits per heavy atom. The van der Waals surface area contributed by atoms with Gasteiger partial charge in [0.15, 0.2) is 0 Å². The van der Waals surface area contributed by atoms with Crippen LogP contribution in [0.3, 0.4) is 0 Å². The Labute approximate surface area is 135 Å². The van der Waals surface area contributed by atoms with E-state index in [2.05, 4.69) is 18.8 Å². The lowest BCUT2D eigenvalue weighted by molar-refractivity contribution is -0.137. The number of nitrogens with zero attached hydrogens (tertiary/aromatic N) is 3. The minimum absolute atomic E-state index is 0.0813. The van der Waals surface area contributed by atoms with Crippen molar-refractivity contribution in [2.24, 2.45) is 5.92 Å².